The highest BCUT2D eigenvalue weighted by atomic mass is 16.6. The lowest BCUT2D eigenvalue weighted by Gasteiger charge is -2.18. The lowest BCUT2D eigenvalue weighted by Crippen LogP contribution is -2.30. The van der Waals surface area contributed by atoms with Crippen LogP contribution in [0.1, 0.15) is 310 Å². The third-order valence-electron chi connectivity index (χ3n) is 12.5. The number of carbonyl (C=O) groups is 3. The molecule has 0 spiro atoms. The van der Waals surface area contributed by atoms with Gasteiger partial charge in [-0.05, 0) is 25.2 Å². The van der Waals surface area contributed by atoms with Crippen LogP contribution in [-0.4, -0.2) is 37.2 Å². The summed E-state index contributed by atoms with van der Waals surface area (Å²) in [6, 6.07) is 0. The van der Waals surface area contributed by atoms with Gasteiger partial charge in [0.25, 0.3) is 0 Å². The highest BCUT2D eigenvalue weighted by molar-refractivity contribution is 5.71. The fourth-order valence-corrected chi connectivity index (χ4v) is 8.39. The molecule has 0 saturated heterocycles. The Morgan fingerprint density at radius 2 is 0.541 bits per heavy atom. The summed E-state index contributed by atoms with van der Waals surface area (Å²) in [4.78, 5) is 38.0. The zero-order valence-corrected chi connectivity index (χ0v) is 41.6. The SMILES string of the molecule is CCCCCCCCCCCCCCCCCCC(=O)OC[C@H](COC(=O)CCCCCCCCCCCCCCC(C)C)OC(=O)CCCCCCCCCCCCCC. The second-order valence-corrected chi connectivity index (χ2v) is 19.3. The van der Waals surface area contributed by atoms with Crippen molar-refractivity contribution in [3.63, 3.8) is 0 Å². The predicted octanol–water partition coefficient (Wildman–Crippen LogP) is 17.8. The van der Waals surface area contributed by atoms with E-state index in [-0.39, 0.29) is 31.1 Å². The van der Waals surface area contributed by atoms with Gasteiger partial charge in [-0.25, -0.2) is 0 Å². The maximum Gasteiger partial charge on any atom is 0.306 e. The van der Waals surface area contributed by atoms with Crippen molar-refractivity contribution in [1.82, 2.24) is 0 Å². The van der Waals surface area contributed by atoms with Gasteiger partial charge >= 0.3 is 17.9 Å². The van der Waals surface area contributed by atoms with Gasteiger partial charge in [-0.3, -0.25) is 14.4 Å². The number of hydrogen-bond donors (Lipinski definition) is 0. The molecule has 0 radical (unpaired) electrons. The van der Waals surface area contributed by atoms with Crippen LogP contribution in [0.5, 0.6) is 0 Å². The molecule has 0 heterocycles. The second-order valence-electron chi connectivity index (χ2n) is 19.3. The molecular weight excluding hydrogens is 757 g/mol. The van der Waals surface area contributed by atoms with Crippen LogP contribution in [0.15, 0.2) is 0 Å². The standard InChI is InChI=1S/C55H106O6/c1-5-7-9-11-13-15-17-19-20-21-22-27-30-34-38-42-46-53(56)59-49-52(61-55(58)48-44-40-36-32-26-18-16-14-12-10-8-6-2)50-60-54(57)47-43-39-35-31-28-24-23-25-29-33-37-41-45-51(3)4/h51-52H,5-50H2,1-4H3/t52-/m1/s1. The molecule has 0 bridgehead atoms. The normalized spacial score (nSPS) is 12.0. The van der Waals surface area contributed by atoms with Gasteiger partial charge in [-0.15, -0.1) is 0 Å². The molecule has 0 aromatic rings. The van der Waals surface area contributed by atoms with E-state index in [2.05, 4.69) is 27.7 Å². The fourth-order valence-electron chi connectivity index (χ4n) is 8.39. The third kappa shape index (κ3) is 49.3. The molecule has 362 valence electrons. The van der Waals surface area contributed by atoms with Crippen molar-refractivity contribution in [2.45, 2.75) is 316 Å². The predicted molar refractivity (Wildman–Crippen MR) is 261 cm³/mol. The van der Waals surface area contributed by atoms with Crippen LogP contribution in [0, 0.1) is 5.92 Å². The van der Waals surface area contributed by atoms with Crippen LogP contribution >= 0.6 is 0 Å². The first-order valence-corrected chi connectivity index (χ1v) is 27.4. The highest BCUT2D eigenvalue weighted by Gasteiger charge is 2.19. The Balaban J connectivity index is 4.28. The van der Waals surface area contributed by atoms with Gasteiger partial charge in [0.1, 0.15) is 13.2 Å². The number of rotatable bonds is 50. The van der Waals surface area contributed by atoms with E-state index in [0.29, 0.717) is 19.3 Å². The molecule has 1 atom stereocenters. The molecule has 0 aromatic carbocycles. The zero-order chi connectivity index (χ0) is 44.5. The van der Waals surface area contributed by atoms with E-state index in [1.165, 1.54) is 205 Å². The number of unbranched alkanes of at least 4 members (excludes halogenated alkanes) is 37. The van der Waals surface area contributed by atoms with Crippen LogP contribution in [0.3, 0.4) is 0 Å². The monoisotopic (exact) mass is 863 g/mol. The maximum atomic E-state index is 12.8. The van der Waals surface area contributed by atoms with Crippen LogP contribution in [0.2, 0.25) is 0 Å². The summed E-state index contributed by atoms with van der Waals surface area (Å²) in [7, 11) is 0. The molecular formula is C55H106O6. The summed E-state index contributed by atoms with van der Waals surface area (Å²) in [6.07, 6.45) is 52.3. The Hall–Kier alpha value is -1.59. The van der Waals surface area contributed by atoms with Crippen molar-refractivity contribution in [2.75, 3.05) is 13.2 Å². The molecule has 0 aliphatic rings. The van der Waals surface area contributed by atoms with E-state index < -0.39 is 6.10 Å². The minimum Gasteiger partial charge on any atom is -0.462 e. The molecule has 61 heavy (non-hydrogen) atoms. The molecule has 0 rings (SSSR count). The minimum absolute atomic E-state index is 0.0622. The molecule has 6 nitrogen and oxygen atoms in total. The van der Waals surface area contributed by atoms with Crippen molar-refractivity contribution < 1.29 is 28.6 Å². The van der Waals surface area contributed by atoms with E-state index in [4.69, 9.17) is 14.2 Å². The number of esters is 3. The van der Waals surface area contributed by atoms with Crippen LogP contribution in [0.4, 0.5) is 0 Å². The van der Waals surface area contributed by atoms with Gasteiger partial charge in [0.05, 0.1) is 0 Å². The summed E-state index contributed by atoms with van der Waals surface area (Å²) < 4.78 is 16.8. The van der Waals surface area contributed by atoms with Crippen LogP contribution < -0.4 is 0 Å². The summed E-state index contributed by atoms with van der Waals surface area (Å²) in [5.41, 5.74) is 0. The molecule has 0 amide bonds. The fraction of sp³-hybridized carbons (Fsp3) is 0.945. The number of hydrogen-bond acceptors (Lipinski definition) is 6. The van der Waals surface area contributed by atoms with Crippen molar-refractivity contribution in [3.05, 3.63) is 0 Å². The Morgan fingerprint density at radius 1 is 0.311 bits per heavy atom. The smallest absolute Gasteiger partial charge is 0.306 e. The minimum atomic E-state index is -0.761. The van der Waals surface area contributed by atoms with Gasteiger partial charge in [0.2, 0.25) is 0 Å². The summed E-state index contributed by atoms with van der Waals surface area (Å²) in [6.45, 7) is 9.04. The largest absolute Gasteiger partial charge is 0.462 e. The van der Waals surface area contributed by atoms with Gasteiger partial charge in [0.15, 0.2) is 6.10 Å². The lowest BCUT2D eigenvalue weighted by atomic mass is 10.0. The quantitative estimate of drug-likeness (QED) is 0.0344. The number of carbonyl (C=O) groups excluding carboxylic acids is 3. The van der Waals surface area contributed by atoms with Gasteiger partial charge in [-0.1, -0.05) is 272 Å². The Bertz CT molecular complexity index is 918. The summed E-state index contributed by atoms with van der Waals surface area (Å²) in [5, 5.41) is 0. The maximum absolute atomic E-state index is 12.8. The van der Waals surface area contributed by atoms with Crippen LogP contribution in [-0.2, 0) is 28.6 Å². The molecule has 0 aliphatic heterocycles. The molecule has 0 aromatic heterocycles. The Kier molecular flexibility index (Phi) is 48.1. The molecule has 6 heteroatoms. The molecule has 0 N–H and O–H groups in total. The summed E-state index contributed by atoms with van der Waals surface area (Å²) in [5.74, 6) is -0.00594. The third-order valence-corrected chi connectivity index (χ3v) is 12.5. The van der Waals surface area contributed by atoms with E-state index in [1.54, 1.807) is 0 Å². The first kappa shape index (κ1) is 59.4. The van der Waals surface area contributed by atoms with E-state index in [9.17, 15) is 14.4 Å². The molecule has 0 unspecified atom stereocenters. The van der Waals surface area contributed by atoms with Crippen molar-refractivity contribution in [2.24, 2.45) is 5.92 Å². The van der Waals surface area contributed by atoms with Gasteiger partial charge < -0.3 is 14.2 Å². The average Bonchev–Trinajstić information content (AvgIpc) is 3.24. The number of ether oxygens (including phenoxy) is 3. The molecule has 0 aliphatic carbocycles. The van der Waals surface area contributed by atoms with Gasteiger partial charge in [0, 0.05) is 19.3 Å². The first-order valence-electron chi connectivity index (χ1n) is 27.4. The zero-order valence-electron chi connectivity index (χ0n) is 41.6. The summed E-state index contributed by atoms with van der Waals surface area (Å²) >= 11 is 0. The van der Waals surface area contributed by atoms with E-state index in [1.807, 2.05) is 0 Å². The van der Waals surface area contributed by atoms with Gasteiger partial charge in [-0.2, -0.15) is 0 Å². The molecule has 0 fully saturated rings. The molecule has 0 saturated carbocycles. The van der Waals surface area contributed by atoms with Crippen LogP contribution in [0.25, 0.3) is 0 Å². The Morgan fingerprint density at radius 3 is 0.803 bits per heavy atom. The second kappa shape index (κ2) is 49.4. The highest BCUT2D eigenvalue weighted by Crippen LogP contribution is 2.17. The van der Waals surface area contributed by atoms with E-state index >= 15 is 0 Å². The lowest BCUT2D eigenvalue weighted by molar-refractivity contribution is -0.167. The van der Waals surface area contributed by atoms with Crippen molar-refractivity contribution >= 4 is 17.9 Å². The Labute approximate surface area is 380 Å². The van der Waals surface area contributed by atoms with Crippen molar-refractivity contribution in [1.29, 1.82) is 0 Å². The van der Waals surface area contributed by atoms with E-state index in [0.717, 1.165) is 63.7 Å². The average molecular weight is 863 g/mol. The van der Waals surface area contributed by atoms with Crippen molar-refractivity contribution in [3.8, 4) is 0 Å². The first-order chi connectivity index (χ1) is 29.9. The topological polar surface area (TPSA) is 78.9 Å².